The zero-order valence-electron chi connectivity index (χ0n) is 14.6. The summed E-state index contributed by atoms with van der Waals surface area (Å²) in [5.41, 5.74) is -0.764. The molecule has 0 aliphatic rings. The van der Waals surface area contributed by atoms with E-state index in [1.807, 2.05) is 6.92 Å². The van der Waals surface area contributed by atoms with Gasteiger partial charge in [0.2, 0.25) is 0 Å². The quantitative estimate of drug-likeness (QED) is 0.691. The van der Waals surface area contributed by atoms with Crippen LogP contribution in [0.25, 0.3) is 11.2 Å². The summed E-state index contributed by atoms with van der Waals surface area (Å²) in [5.74, 6) is -1.50. The Labute approximate surface area is 147 Å². The second kappa shape index (κ2) is 6.74. The first-order valence-electron chi connectivity index (χ1n) is 8.08. The third-order valence-electron chi connectivity index (χ3n) is 4.17. The molecule has 0 unspecified atom stereocenters. The molecule has 0 atom stereocenters. The van der Waals surface area contributed by atoms with Crippen LogP contribution in [0.1, 0.15) is 18.9 Å². The van der Waals surface area contributed by atoms with Crippen molar-refractivity contribution < 1.29 is 13.5 Å². The summed E-state index contributed by atoms with van der Waals surface area (Å²) in [4.78, 5) is 29.2. The molecule has 1 aromatic carbocycles. The van der Waals surface area contributed by atoms with Crippen molar-refractivity contribution in [1.29, 1.82) is 0 Å². The molecule has 2 heterocycles. The minimum Gasteiger partial charge on any atom is -0.459 e. The average Bonchev–Trinajstić information content (AvgIpc) is 2.83. The van der Waals surface area contributed by atoms with E-state index >= 15 is 0 Å². The molecule has 3 aromatic rings. The van der Waals surface area contributed by atoms with Gasteiger partial charge in [0.1, 0.15) is 18.2 Å². The number of hydrogen-bond acceptors (Lipinski definition) is 4. The van der Waals surface area contributed by atoms with Crippen molar-refractivity contribution in [1.82, 2.24) is 18.7 Å². The van der Waals surface area contributed by atoms with Gasteiger partial charge in [-0.2, -0.15) is 4.98 Å². The molecule has 0 saturated heterocycles. The number of aromatic nitrogens is 4. The van der Waals surface area contributed by atoms with Crippen molar-refractivity contribution >= 4 is 11.2 Å². The van der Waals surface area contributed by atoms with Crippen LogP contribution in [0, 0.1) is 11.6 Å². The Morgan fingerprint density at radius 1 is 1.12 bits per heavy atom. The number of imidazole rings is 1. The Morgan fingerprint density at radius 2 is 1.77 bits per heavy atom. The molecule has 0 bridgehead atoms. The lowest BCUT2D eigenvalue weighted by molar-refractivity contribution is 0.257. The monoisotopic (exact) mass is 364 g/mol. The molecule has 0 N–H and O–H groups in total. The van der Waals surface area contributed by atoms with Crippen LogP contribution in [0.15, 0.2) is 27.8 Å². The Balaban J connectivity index is 2.10. The number of ether oxygens (including phenoxy) is 1. The Kier molecular flexibility index (Phi) is 4.62. The standard InChI is InChI=1S/C17H18F2N4O3/c1-4-8-23-14-13(21(2)17(23)25)15(24)22(3)16(20-14)26-9-10-11(18)6-5-7-12(10)19/h5-7H,4,8-9H2,1-3H3. The van der Waals surface area contributed by atoms with Crippen LogP contribution in [0.3, 0.4) is 0 Å². The molecular weight excluding hydrogens is 346 g/mol. The summed E-state index contributed by atoms with van der Waals surface area (Å²) in [7, 11) is 2.92. The van der Waals surface area contributed by atoms with Crippen molar-refractivity contribution in [2.75, 3.05) is 0 Å². The van der Waals surface area contributed by atoms with Gasteiger partial charge in [-0.15, -0.1) is 0 Å². The molecule has 7 nitrogen and oxygen atoms in total. The number of halogens is 2. The minimum absolute atomic E-state index is 0.124. The highest BCUT2D eigenvalue weighted by molar-refractivity contribution is 5.70. The Morgan fingerprint density at radius 3 is 2.38 bits per heavy atom. The zero-order valence-corrected chi connectivity index (χ0v) is 14.6. The normalized spacial score (nSPS) is 11.3. The zero-order chi connectivity index (χ0) is 19.0. The predicted octanol–water partition coefficient (Wildman–Crippen LogP) is 1.70. The molecule has 0 saturated carbocycles. The largest absolute Gasteiger partial charge is 0.459 e. The van der Waals surface area contributed by atoms with Crippen LogP contribution in [0.4, 0.5) is 8.78 Å². The van der Waals surface area contributed by atoms with E-state index in [-0.39, 0.29) is 28.4 Å². The maximum absolute atomic E-state index is 13.7. The first-order chi connectivity index (χ1) is 12.4. The van der Waals surface area contributed by atoms with Crippen LogP contribution >= 0.6 is 0 Å². The molecule has 0 aliphatic heterocycles. The summed E-state index contributed by atoms with van der Waals surface area (Å²) < 4.78 is 36.6. The van der Waals surface area contributed by atoms with Crippen molar-refractivity contribution in [3.8, 4) is 6.01 Å². The van der Waals surface area contributed by atoms with Gasteiger partial charge in [-0.1, -0.05) is 13.0 Å². The SMILES string of the molecule is CCCn1c(=O)n(C)c2c(=O)n(C)c(OCc3c(F)cccc3F)nc21. The third kappa shape index (κ3) is 2.79. The van der Waals surface area contributed by atoms with Crippen molar-refractivity contribution in [2.45, 2.75) is 26.5 Å². The molecule has 0 aliphatic carbocycles. The van der Waals surface area contributed by atoms with E-state index in [4.69, 9.17) is 4.74 Å². The lowest BCUT2D eigenvalue weighted by Gasteiger charge is -2.11. The molecule has 138 valence electrons. The molecule has 3 rings (SSSR count). The first-order valence-corrected chi connectivity index (χ1v) is 8.08. The van der Waals surface area contributed by atoms with E-state index in [1.54, 1.807) is 0 Å². The van der Waals surface area contributed by atoms with Gasteiger partial charge >= 0.3 is 11.7 Å². The highest BCUT2D eigenvalue weighted by Crippen LogP contribution is 2.16. The van der Waals surface area contributed by atoms with Gasteiger partial charge in [0.05, 0.1) is 5.56 Å². The maximum Gasteiger partial charge on any atom is 0.330 e. The van der Waals surface area contributed by atoms with Crippen LogP contribution in [-0.4, -0.2) is 18.7 Å². The van der Waals surface area contributed by atoms with Gasteiger partial charge < -0.3 is 4.74 Å². The summed E-state index contributed by atoms with van der Waals surface area (Å²) in [5, 5.41) is 0. The average molecular weight is 364 g/mol. The fraction of sp³-hybridized carbons (Fsp3) is 0.353. The number of fused-ring (bicyclic) bond motifs is 1. The van der Waals surface area contributed by atoms with Crippen molar-refractivity contribution in [2.24, 2.45) is 14.1 Å². The van der Waals surface area contributed by atoms with E-state index in [0.717, 1.165) is 16.7 Å². The number of nitrogens with zero attached hydrogens (tertiary/aromatic N) is 4. The van der Waals surface area contributed by atoms with Gasteiger partial charge in [-0.05, 0) is 18.6 Å². The summed E-state index contributed by atoms with van der Waals surface area (Å²) in [6, 6.07) is 3.36. The van der Waals surface area contributed by atoms with Gasteiger partial charge in [0.15, 0.2) is 11.2 Å². The highest BCUT2D eigenvalue weighted by atomic mass is 19.1. The van der Waals surface area contributed by atoms with Gasteiger partial charge in [-0.3, -0.25) is 18.5 Å². The fourth-order valence-electron chi connectivity index (χ4n) is 2.77. The van der Waals surface area contributed by atoms with Gasteiger partial charge in [0, 0.05) is 20.6 Å². The first kappa shape index (κ1) is 17.8. The molecular formula is C17H18F2N4O3. The molecule has 0 radical (unpaired) electrons. The minimum atomic E-state index is -0.751. The lowest BCUT2D eigenvalue weighted by Crippen LogP contribution is -2.24. The van der Waals surface area contributed by atoms with E-state index in [0.29, 0.717) is 13.0 Å². The molecule has 0 amide bonds. The molecule has 0 spiro atoms. The number of rotatable bonds is 5. The van der Waals surface area contributed by atoms with Gasteiger partial charge in [0.25, 0.3) is 5.56 Å². The second-order valence-electron chi connectivity index (χ2n) is 5.91. The van der Waals surface area contributed by atoms with E-state index in [1.165, 1.54) is 29.3 Å². The Bertz CT molecular complexity index is 1080. The highest BCUT2D eigenvalue weighted by Gasteiger charge is 2.19. The van der Waals surface area contributed by atoms with Crippen molar-refractivity contribution in [3.05, 3.63) is 56.2 Å². The summed E-state index contributed by atoms with van der Waals surface area (Å²) in [6.07, 6.45) is 0.673. The number of aryl methyl sites for hydroxylation is 2. The van der Waals surface area contributed by atoms with Crippen LogP contribution in [0.5, 0.6) is 6.01 Å². The second-order valence-corrected chi connectivity index (χ2v) is 5.91. The molecule has 2 aromatic heterocycles. The maximum atomic E-state index is 13.7. The van der Waals surface area contributed by atoms with E-state index in [2.05, 4.69) is 4.98 Å². The predicted molar refractivity (Wildman–Crippen MR) is 91.2 cm³/mol. The Hall–Kier alpha value is -2.97. The van der Waals surface area contributed by atoms with Gasteiger partial charge in [-0.25, -0.2) is 13.6 Å². The van der Waals surface area contributed by atoms with Crippen LogP contribution in [0.2, 0.25) is 0 Å². The summed E-state index contributed by atoms with van der Waals surface area (Å²) >= 11 is 0. The number of hydrogen-bond donors (Lipinski definition) is 0. The fourth-order valence-corrected chi connectivity index (χ4v) is 2.77. The molecule has 0 fully saturated rings. The summed E-state index contributed by atoms with van der Waals surface area (Å²) in [6.45, 7) is 1.84. The molecule has 9 heteroatoms. The smallest absolute Gasteiger partial charge is 0.330 e. The topological polar surface area (TPSA) is 71.0 Å². The van der Waals surface area contributed by atoms with Crippen molar-refractivity contribution in [3.63, 3.8) is 0 Å². The van der Waals surface area contributed by atoms with E-state index < -0.39 is 23.8 Å². The van der Waals surface area contributed by atoms with E-state index in [9.17, 15) is 18.4 Å². The lowest BCUT2D eigenvalue weighted by atomic mass is 10.2. The number of benzene rings is 1. The third-order valence-corrected chi connectivity index (χ3v) is 4.17. The van der Waals surface area contributed by atoms with Crippen LogP contribution < -0.4 is 16.0 Å². The van der Waals surface area contributed by atoms with Crippen LogP contribution in [-0.2, 0) is 27.2 Å². The molecule has 26 heavy (non-hydrogen) atoms.